The summed E-state index contributed by atoms with van der Waals surface area (Å²) in [5, 5.41) is 7.51. The van der Waals surface area contributed by atoms with Gasteiger partial charge in [-0.25, -0.2) is 0 Å². The number of allylic oxidation sites excluding steroid dienone is 1. The number of rotatable bonds is 0. The van der Waals surface area contributed by atoms with Crippen molar-refractivity contribution in [3.63, 3.8) is 0 Å². The van der Waals surface area contributed by atoms with Gasteiger partial charge in [-0.3, -0.25) is 6.29 Å². The summed E-state index contributed by atoms with van der Waals surface area (Å²) in [7, 11) is 0. The first-order valence-electron chi connectivity index (χ1n) is 1.62. The first-order valence-corrected chi connectivity index (χ1v) is 1.62. The van der Waals surface area contributed by atoms with Gasteiger partial charge < -0.3 is 4.79 Å². The van der Waals surface area contributed by atoms with Crippen LogP contribution >= 0.6 is 0 Å². The van der Waals surface area contributed by atoms with Crippen molar-refractivity contribution >= 4 is 6.29 Å². The molecule has 0 rings (SSSR count). The summed E-state index contributed by atoms with van der Waals surface area (Å²) in [6.45, 7) is 4.44. The van der Waals surface area contributed by atoms with Crippen LogP contribution < -0.4 is 29.6 Å². The summed E-state index contributed by atoms with van der Waals surface area (Å²) in [4.78, 5) is 8.68. The molecule has 8 heavy (non-hydrogen) atoms. The average Bonchev–Trinajstić information content (AvgIpc) is 1.69. The molecule has 0 heterocycles. The minimum atomic E-state index is 0. The quantitative estimate of drug-likeness (QED) is 0.206. The average molecular weight is 119 g/mol. The van der Waals surface area contributed by atoms with E-state index in [9.17, 15) is 0 Å². The molecule has 0 aliphatic heterocycles. The fraction of sp³-hybridized carbons (Fsp3) is 0.200. The van der Waals surface area contributed by atoms with E-state index in [4.69, 9.17) is 10.1 Å². The van der Waals surface area contributed by atoms with Gasteiger partial charge in [-0.2, -0.15) is 12.2 Å². The van der Waals surface area contributed by atoms with Crippen molar-refractivity contribution in [1.82, 2.24) is 0 Å². The van der Waals surface area contributed by atoms with Gasteiger partial charge in [-0.1, -0.05) is 6.58 Å². The van der Waals surface area contributed by atoms with Gasteiger partial charge in [0, 0.05) is 6.08 Å². The van der Waals surface area contributed by atoms with E-state index in [1.165, 1.54) is 19.3 Å². The monoisotopic (exact) mass is 119 g/mol. The van der Waals surface area contributed by atoms with Crippen LogP contribution in [0.5, 0.6) is 0 Å². The molecule has 0 aromatic heterocycles. The Hall–Kier alpha value is -0.100. The van der Waals surface area contributed by atoms with Crippen molar-refractivity contribution in [1.29, 1.82) is 5.26 Å². The maximum absolute atomic E-state index is 8.68. The minimum Gasteiger partial charge on any atom is -0.542 e. The van der Waals surface area contributed by atoms with Gasteiger partial charge in [-0.15, -0.1) is 0 Å². The molecule has 0 N–H and O–H groups in total. The largest absolute Gasteiger partial charge is 1.00 e. The van der Waals surface area contributed by atoms with Gasteiger partial charge in [0.15, 0.2) is 0 Å². The second kappa shape index (κ2) is 28.6. The predicted octanol–water partition coefficient (Wildman–Crippen LogP) is -2.18. The number of nitrogens with zero attached hydrogens (tertiary/aromatic N) is 1. The molecule has 0 saturated heterocycles. The summed E-state index contributed by atoms with van der Waals surface area (Å²) in [6, 6.07) is 1.69. The van der Waals surface area contributed by atoms with E-state index in [1.807, 2.05) is 0 Å². The second-order valence-corrected chi connectivity index (χ2v) is 0.537. The standard InChI is InChI=1S/C3H3N.C2H3O.Na/c1-2-3-4;1-2-3;/h2H,1H2;1H3;/q;-1;+1. The van der Waals surface area contributed by atoms with Gasteiger partial charge in [0.1, 0.15) is 0 Å². The molecule has 0 saturated carbocycles. The summed E-state index contributed by atoms with van der Waals surface area (Å²) < 4.78 is 0. The van der Waals surface area contributed by atoms with Gasteiger partial charge in [-0.05, 0) is 0 Å². The third-order valence-corrected chi connectivity index (χ3v) is 0.0913. The first-order chi connectivity index (χ1) is 3.33. The first kappa shape index (κ1) is 15.7. The molecule has 38 valence electrons. The molecular formula is C5H6NNaO. The topological polar surface area (TPSA) is 40.9 Å². The van der Waals surface area contributed by atoms with Crippen molar-refractivity contribution in [2.75, 3.05) is 0 Å². The molecule has 0 aliphatic rings. The molecule has 0 aliphatic carbocycles. The predicted molar refractivity (Wildman–Crippen MR) is 27.2 cm³/mol. The second-order valence-electron chi connectivity index (χ2n) is 0.537. The fourth-order valence-electron chi connectivity index (χ4n) is 0. The van der Waals surface area contributed by atoms with E-state index in [0.29, 0.717) is 0 Å². The van der Waals surface area contributed by atoms with E-state index in [-0.39, 0.29) is 29.6 Å². The van der Waals surface area contributed by atoms with Crippen molar-refractivity contribution in [3.05, 3.63) is 12.7 Å². The zero-order chi connectivity index (χ0) is 6.12. The van der Waals surface area contributed by atoms with E-state index >= 15 is 0 Å². The minimum absolute atomic E-state index is 0. The van der Waals surface area contributed by atoms with E-state index < -0.39 is 0 Å². The molecular weight excluding hydrogens is 113 g/mol. The van der Waals surface area contributed by atoms with E-state index in [1.54, 1.807) is 6.07 Å². The van der Waals surface area contributed by atoms with Crippen LogP contribution in [-0.4, -0.2) is 6.29 Å². The van der Waals surface area contributed by atoms with E-state index in [0.717, 1.165) is 0 Å². The van der Waals surface area contributed by atoms with Gasteiger partial charge in [0.25, 0.3) is 0 Å². The molecule has 0 unspecified atom stereocenters. The molecule has 0 amide bonds. The normalized spacial score (nSPS) is 3.50. The molecule has 0 spiro atoms. The number of nitriles is 1. The van der Waals surface area contributed by atoms with Crippen molar-refractivity contribution < 1.29 is 34.4 Å². The molecule has 2 nitrogen and oxygen atoms in total. The number of hydrogen-bond donors (Lipinski definition) is 0. The summed E-state index contributed by atoms with van der Waals surface area (Å²) >= 11 is 0. The molecule has 0 radical (unpaired) electrons. The van der Waals surface area contributed by atoms with Crippen LogP contribution in [0.25, 0.3) is 0 Å². The molecule has 3 heteroatoms. The summed E-state index contributed by atoms with van der Waals surface area (Å²) in [6.07, 6.45) is 2.68. The number of hydrogen-bond acceptors (Lipinski definition) is 2. The Labute approximate surface area is 71.5 Å². The maximum Gasteiger partial charge on any atom is 1.00 e. The zero-order valence-electron chi connectivity index (χ0n) is 5.14. The Kier molecular flexibility index (Phi) is 55.9. The van der Waals surface area contributed by atoms with Crippen LogP contribution in [0.1, 0.15) is 6.92 Å². The molecule has 0 aromatic carbocycles. The maximum atomic E-state index is 8.68. The van der Waals surface area contributed by atoms with Crippen LogP contribution in [0, 0.1) is 11.3 Å². The Balaban J connectivity index is -0.0000000575. The molecule has 0 atom stereocenters. The fourth-order valence-corrected chi connectivity index (χ4v) is 0. The van der Waals surface area contributed by atoms with Gasteiger partial charge in [0.2, 0.25) is 0 Å². The SMILES string of the molecule is C=CC#N.C[C-]=O.[Na+]. The Morgan fingerprint density at radius 2 is 2.00 bits per heavy atom. The third kappa shape index (κ3) is 175. The van der Waals surface area contributed by atoms with Crippen molar-refractivity contribution in [2.24, 2.45) is 0 Å². The van der Waals surface area contributed by atoms with Crippen LogP contribution in [0.4, 0.5) is 0 Å². The summed E-state index contributed by atoms with van der Waals surface area (Å²) in [5.74, 6) is 0. The van der Waals surface area contributed by atoms with Crippen LogP contribution in [-0.2, 0) is 4.79 Å². The van der Waals surface area contributed by atoms with Gasteiger partial charge >= 0.3 is 29.6 Å². The van der Waals surface area contributed by atoms with Crippen molar-refractivity contribution in [3.8, 4) is 6.07 Å². The number of carbonyl (C=O) groups excluding carboxylic acids is 1. The smallest absolute Gasteiger partial charge is 0.542 e. The molecule has 0 bridgehead atoms. The van der Waals surface area contributed by atoms with E-state index in [2.05, 4.69) is 6.58 Å². The Bertz CT molecular complexity index is 84.9. The Morgan fingerprint density at radius 1 is 1.88 bits per heavy atom. The zero-order valence-corrected chi connectivity index (χ0v) is 7.14. The van der Waals surface area contributed by atoms with Crippen molar-refractivity contribution in [2.45, 2.75) is 6.92 Å². The molecule has 0 fully saturated rings. The Morgan fingerprint density at radius 3 is 2.00 bits per heavy atom. The molecule has 0 aromatic rings. The third-order valence-electron chi connectivity index (χ3n) is 0.0913. The van der Waals surface area contributed by atoms with Crippen LogP contribution in [0.15, 0.2) is 12.7 Å². The van der Waals surface area contributed by atoms with Crippen LogP contribution in [0.3, 0.4) is 0 Å². The van der Waals surface area contributed by atoms with Gasteiger partial charge in [0.05, 0.1) is 6.07 Å². The van der Waals surface area contributed by atoms with Crippen LogP contribution in [0.2, 0.25) is 0 Å². The summed E-state index contributed by atoms with van der Waals surface area (Å²) in [5.41, 5.74) is 0.